The van der Waals surface area contributed by atoms with E-state index >= 15 is 0 Å². The van der Waals surface area contributed by atoms with E-state index in [1.165, 1.54) is 12.1 Å². The molecule has 2 N–H and O–H groups in total. The number of carboxylic acid groups (broad SMARTS) is 1. The average Bonchev–Trinajstić information content (AvgIpc) is 2.89. The molecule has 0 aliphatic rings. The van der Waals surface area contributed by atoms with Gasteiger partial charge in [-0.15, -0.1) is 0 Å². The number of anilines is 1. The second-order valence-corrected chi connectivity index (χ2v) is 3.61. The molecule has 0 aliphatic heterocycles. The molecule has 1 amide bonds. The van der Waals surface area contributed by atoms with Crippen LogP contribution >= 0.6 is 0 Å². The van der Waals surface area contributed by atoms with Crippen molar-refractivity contribution < 1.29 is 23.6 Å². The van der Waals surface area contributed by atoms with E-state index in [1.54, 1.807) is 6.07 Å². The van der Waals surface area contributed by atoms with Crippen LogP contribution in [0.1, 0.15) is 26.6 Å². The molecule has 2 aromatic rings. The van der Waals surface area contributed by atoms with Crippen molar-refractivity contribution in [2.45, 2.75) is 0 Å². The van der Waals surface area contributed by atoms with Crippen LogP contribution in [0.15, 0.2) is 28.8 Å². The maximum Gasteiger partial charge on any atom is 0.374 e. The SMILES string of the molecule is N#Cc1c(F)cccc1NC(=O)c1cc(C(=O)O)on1. The number of hydrogen-bond donors (Lipinski definition) is 2. The molecule has 0 saturated heterocycles. The predicted octanol–water partition coefficient (Wildman–Crippen LogP) is 1.64. The Morgan fingerprint density at radius 3 is 2.80 bits per heavy atom. The molecule has 2 rings (SSSR count). The van der Waals surface area contributed by atoms with Crippen LogP contribution in [-0.4, -0.2) is 22.1 Å². The molecular formula is C12H6FN3O4. The molecule has 7 nitrogen and oxygen atoms in total. The van der Waals surface area contributed by atoms with E-state index in [9.17, 15) is 14.0 Å². The van der Waals surface area contributed by atoms with Crippen LogP contribution in [-0.2, 0) is 0 Å². The first-order valence-electron chi connectivity index (χ1n) is 5.23. The van der Waals surface area contributed by atoms with Crippen molar-refractivity contribution in [3.63, 3.8) is 0 Å². The smallest absolute Gasteiger partial charge is 0.374 e. The van der Waals surface area contributed by atoms with Gasteiger partial charge in [-0.3, -0.25) is 4.79 Å². The highest BCUT2D eigenvalue weighted by molar-refractivity contribution is 6.04. The Hall–Kier alpha value is -3.21. The van der Waals surface area contributed by atoms with Gasteiger partial charge in [-0.25, -0.2) is 9.18 Å². The zero-order valence-electron chi connectivity index (χ0n) is 9.75. The molecule has 0 atom stereocenters. The van der Waals surface area contributed by atoms with Gasteiger partial charge in [-0.05, 0) is 12.1 Å². The summed E-state index contributed by atoms with van der Waals surface area (Å²) in [5, 5.41) is 23.0. The van der Waals surface area contributed by atoms with Gasteiger partial charge in [-0.2, -0.15) is 5.26 Å². The van der Waals surface area contributed by atoms with Gasteiger partial charge in [0.15, 0.2) is 5.69 Å². The standard InChI is InChI=1S/C12H6FN3O4/c13-7-2-1-3-8(6(7)5-14)15-11(17)9-4-10(12(18)19)20-16-9/h1-4H,(H,15,17)(H,18,19). The molecule has 0 aliphatic carbocycles. The highest BCUT2D eigenvalue weighted by atomic mass is 19.1. The number of carbonyl (C=O) groups is 2. The van der Waals surface area contributed by atoms with E-state index in [0.29, 0.717) is 0 Å². The lowest BCUT2D eigenvalue weighted by atomic mass is 10.2. The number of halogens is 1. The number of nitrogens with one attached hydrogen (secondary N) is 1. The minimum Gasteiger partial charge on any atom is -0.475 e. The average molecular weight is 275 g/mol. The molecule has 0 spiro atoms. The quantitative estimate of drug-likeness (QED) is 0.879. The van der Waals surface area contributed by atoms with Crippen LogP contribution < -0.4 is 5.32 Å². The topological polar surface area (TPSA) is 116 Å². The van der Waals surface area contributed by atoms with Crippen LogP contribution in [0.4, 0.5) is 10.1 Å². The van der Waals surface area contributed by atoms with E-state index in [-0.39, 0.29) is 16.9 Å². The highest BCUT2D eigenvalue weighted by Gasteiger charge is 2.18. The number of carboxylic acids is 1. The van der Waals surface area contributed by atoms with Crippen molar-refractivity contribution >= 4 is 17.6 Å². The summed E-state index contributed by atoms with van der Waals surface area (Å²) in [6.07, 6.45) is 0. The fourth-order valence-electron chi connectivity index (χ4n) is 1.41. The normalized spacial score (nSPS) is 9.80. The Kier molecular flexibility index (Phi) is 3.43. The number of rotatable bonds is 3. The third-order valence-electron chi connectivity index (χ3n) is 2.33. The van der Waals surface area contributed by atoms with Crippen molar-refractivity contribution in [3.8, 4) is 6.07 Å². The lowest BCUT2D eigenvalue weighted by Gasteiger charge is -2.05. The zero-order chi connectivity index (χ0) is 14.7. The molecule has 0 fully saturated rings. The van der Waals surface area contributed by atoms with Gasteiger partial charge in [-0.1, -0.05) is 11.2 Å². The fourth-order valence-corrected chi connectivity index (χ4v) is 1.41. The number of amides is 1. The summed E-state index contributed by atoms with van der Waals surface area (Å²) >= 11 is 0. The lowest BCUT2D eigenvalue weighted by molar-refractivity contribution is 0.0651. The summed E-state index contributed by atoms with van der Waals surface area (Å²) in [5.41, 5.74) is -0.671. The van der Waals surface area contributed by atoms with Crippen molar-refractivity contribution in [2.75, 3.05) is 5.32 Å². The van der Waals surface area contributed by atoms with Crippen LogP contribution in [0, 0.1) is 17.1 Å². The van der Waals surface area contributed by atoms with Gasteiger partial charge in [0.25, 0.3) is 5.91 Å². The van der Waals surface area contributed by atoms with E-state index in [0.717, 1.165) is 12.1 Å². The highest BCUT2D eigenvalue weighted by Crippen LogP contribution is 2.18. The third kappa shape index (κ3) is 2.46. The van der Waals surface area contributed by atoms with Crippen molar-refractivity contribution in [3.05, 3.63) is 47.1 Å². The molecule has 1 aromatic carbocycles. The number of hydrogen-bond acceptors (Lipinski definition) is 5. The van der Waals surface area contributed by atoms with E-state index in [1.807, 2.05) is 0 Å². The molecule has 1 aromatic heterocycles. The first-order chi connectivity index (χ1) is 9.52. The summed E-state index contributed by atoms with van der Waals surface area (Å²) in [6.45, 7) is 0. The minimum absolute atomic E-state index is 0.0441. The van der Waals surface area contributed by atoms with Gasteiger partial charge in [0, 0.05) is 6.07 Å². The number of nitriles is 1. The predicted molar refractivity (Wildman–Crippen MR) is 62.5 cm³/mol. The van der Waals surface area contributed by atoms with Crippen molar-refractivity contribution in [2.24, 2.45) is 0 Å². The molecule has 20 heavy (non-hydrogen) atoms. The molecular weight excluding hydrogens is 269 g/mol. The maximum atomic E-state index is 13.3. The molecule has 0 unspecified atom stereocenters. The van der Waals surface area contributed by atoms with Gasteiger partial charge >= 0.3 is 5.97 Å². The first kappa shape index (κ1) is 13.2. The van der Waals surface area contributed by atoms with Gasteiger partial charge in [0.2, 0.25) is 5.76 Å². The Bertz CT molecular complexity index is 733. The molecule has 8 heteroatoms. The Morgan fingerprint density at radius 2 is 2.20 bits per heavy atom. The molecule has 0 bridgehead atoms. The van der Waals surface area contributed by atoms with Gasteiger partial charge in [0.05, 0.1) is 5.69 Å². The Morgan fingerprint density at radius 1 is 1.45 bits per heavy atom. The fraction of sp³-hybridized carbons (Fsp3) is 0. The molecule has 100 valence electrons. The monoisotopic (exact) mass is 275 g/mol. The van der Waals surface area contributed by atoms with Crippen LogP contribution in [0.3, 0.4) is 0 Å². The first-order valence-corrected chi connectivity index (χ1v) is 5.23. The van der Waals surface area contributed by atoms with Crippen molar-refractivity contribution in [1.29, 1.82) is 5.26 Å². The summed E-state index contributed by atoms with van der Waals surface area (Å²) in [6, 6.07) is 6.26. The second-order valence-electron chi connectivity index (χ2n) is 3.61. The molecule has 1 heterocycles. The Labute approximate surface area is 111 Å². The summed E-state index contributed by atoms with van der Waals surface area (Å²) < 4.78 is 17.7. The zero-order valence-corrected chi connectivity index (χ0v) is 9.75. The lowest BCUT2D eigenvalue weighted by Crippen LogP contribution is -2.13. The number of carbonyl (C=O) groups excluding carboxylic acids is 1. The van der Waals surface area contributed by atoms with Crippen molar-refractivity contribution in [1.82, 2.24) is 5.16 Å². The molecule has 0 saturated carbocycles. The summed E-state index contributed by atoms with van der Waals surface area (Å²) in [7, 11) is 0. The van der Waals surface area contributed by atoms with Crippen LogP contribution in [0.2, 0.25) is 0 Å². The van der Waals surface area contributed by atoms with E-state index in [2.05, 4.69) is 15.0 Å². The van der Waals surface area contributed by atoms with E-state index < -0.39 is 23.5 Å². The largest absolute Gasteiger partial charge is 0.475 e. The number of aromatic carboxylic acids is 1. The third-order valence-corrected chi connectivity index (χ3v) is 2.33. The number of benzene rings is 1. The maximum absolute atomic E-state index is 13.3. The van der Waals surface area contributed by atoms with Gasteiger partial charge < -0.3 is 14.9 Å². The molecule has 0 radical (unpaired) electrons. The van der Waals surface area contributed by atoms with Crippen LogP contribution in [0.25, 0.3) is 0 Å². The Balaban J connectivity index is 2.26. The summed E-state index contributed by atoms with van der Waals surface area (Å²) in [4.78, 5) is 22.4. The van der Waals surface area contributed by atoms with Crippen LogP contribution in [0.5, 0.6) is 0 Å². The second kappa shape index (κ2) is 5.19. The summed E-state index contributed by atoms with van der Waals surface area (Å²) in [5.74, 6) is -3.48. The number of aromatic nitrogens is 1. The van der Waals surface area contributed by atoms with E-state index in [4.69, 9.17) is 10.4 Å². The van der Waals surface area contributed by atoms with Gasteiger partial charge in [0.1, 0.15) is 17.4 Å². The number of nitrogens with zero attached hydrogens (tertiary/aromatic N) is 2. The minimum atomic E-state index is -1.37.